The topological polar surface area (TPSA) is 85.2 Å². The fourth-order valence-electron chi connectivity index (χ4n) is 2.54. The Bertz CT molecular complexity index is 1050. The molecule has 0 fully saturated rings. The summed E-state index contributed by atoms with van der Waals surface area (Å²) in [7, 11) is -0.494. The number of hydrogen-bond acceptors (Lipinski definition) is 6. The normalized spacial score (nSPS) is 11.5. The van der Waals surface area contributed by atoms with Crippen molar-refractivity contribution in [3.8, 4) is 0 Å². The summed E-state index contributed by atoms with van der Waals surface area (Å²) in [6.07, 6.45) is 0. The molecule has 0 radical (unpaired) electrons. The van der Waals surface area contributed by atoms with Crippen LogP contribution in [0.3, 0.4) is 0 Å². The molecule has 6 nitrogen and oxygen atoms in total. The maximum Gasteiger partial charge on any atom is 1.00 e. The zero-order valence-corrected chi connectivity index (χ0v) is 17.6. The average Bonchev–Trinajstić information content (AvgIpc) is 2.59. The molecule has 0 atom stereocenters. The van der Waals surface area contributed by atoms with Crippen LogP contribution < -0.4 is 34.5 Å². The SMILES string of the molecule is CN(C)c1ccc(N=Nc2ccc(S(=O)(=O)[O-])cc2)c2ccccc12.[Na+]. The van der Waals surface area contributed by atoms with E-state index in [0.29, 0.717) is 11.4 Å². The Balaban J connectivity index is 0.00000243. The van der Waals surface area contributed by atoms with Gasteiger partial charge in [-0.05, 0) is 36.4 Å². The molecule has 0 spiro atoms. The van der Waals surface area contributed by atoms with Gasteiger partial charge in [-0.25, -0.2) is 8.42 Å². The Morgan fingerprint density at radius 3 is 2.04 bits per heavy atom. The summed E-state index contributed by atoms with van der Waals surface area (Å²) in [6.45, 7) is 0. The van der Waals surface area contributed by atoms with Gasteiger partial charge in [0.05, 0.1) is 16.3 Å². The number of benzene rings is 3. The number of rotatable bonds is 4. The van der Waals surface area contributed by atoms with Crippen LogP contribution in [0.25, 0.3) is 10.8 Å². The van der Waals surface area contributed by atoms with E-state index in [9.17, 15) is 13.0 Å². The molecule has 128 valence electrons. The first-order chi connectivity index (χ1) is 11.9. The van der Waals surface area contributed by atoms with Crippen molar-refractivity contribution < 1.29 is 42.5 Å². The molecule has 8 heteroatoms. The molecular weight excluding hydrogens is 361 g/mol. The van der Waals surface area contributed by atoms with Crippen molar-refractivity contribution in [2.45, 2.75) is 4.90 Å². The molecule has 0 amide bonds. The minimum atomic E-state index is -4.46. The summed E-state index contributed by atoms with van der Waals surface area (Å²) in [5, 5.41) is 10.4. The summed E-state index contributed by atoms with van der Waals surface area (Å²) in [5.41, 5.74) is 2.26. The van der Waals surface area contributed by atoms with Crippen LogP contribution in [-0.4, -0.2) is 27.1 Å². The molecule has 0 aromatic heterocycles. The minimum absolute atomic E-state index is 0. The molecule has 0 aliphatic rings. The largest absolute Gasteiger partial charge is 1.00 e. The van der Waals surface area contributed by atoms with Crippen LogP contribution in [0.15, 0.2) is 75.8 Å². The van der Waals surface area contributed by atoms with Gasteiger partial charge in [0.15, 0.2) is 0 Å². The van der Waals surface area contributed by atoms with E-state index < -0.39 is 10.1 Å². The fourth-order valence-corrected chi connectivity index (χ4v) is 3.00. The minimum Gasteiger partial charge on any atom is -0.744 e. The predicted octanol–water partition coefficient (Wildman–Crippen LogP) is 1.23. The molecule has 3 aromatic rings. The molecule has 0 heterocycles. The van der Waals surface area contributed by atoms with Gasteiger partial charge in [0.2, 0.25) is 0 Å². The van der Waals surface area contributed by atoms with E-state index in [2.05, 4.69) is 10.2 Å². The van der Waals surface area contributed by atoms with Gasteiger partial charge >= 0.3 is 29.6 Å². The van der Waals surface area contributed by atoms with Gasteiger partial charge in [-0.3, -0.25) is 0 Å². The van der Waals surface area contributed by atoms with Crippen LogP contribution in [0, 0.1) is 0 Å². The Morgan fingerprint density at radius 1 is 0.846 bits per heavy atom. The zero-order chi connectivity index (χ0) is 18.0. The third-order valence-electron chi connectivity index (χ3n) is 3.76. The summed E-state index contributed by atoms with van der Waals surface area (Å²) in [6, 6.07) is 17.1. The third kappa shape index (κ3) is 4.49. The standard InChI is InChI=1S/C18H17N3O3S.Na/c1-21(2)18-12-11-17(15-5-3-4-6-16(15)18)20-19-13-7-9-14(10-8-13)25(22,23)24;/h3-12H,1-2H3,(H,22,23,24);/q;+1/p-1. The van der Waals surface area contributed by atoms with E-state index in [1.807, 2.05) is 55.4 Å². The molecular formula is C18H16N3NaO3S. The van der Waals surface area contributed by atoms with Crippen LogP contribution in [0.2, 0.25) is 0 Å². The maximum atomic E-state index is 10.9. The van der Waals surface area contributed by atoms with Gasteiger partial charge in [0.1, 0.15) is 10.1 Å². The second-order valence-corrected chi connectivity index (χ2v) is 7.07. The number of nitrogens with zero attached hydrogens (tertiary/aromatic N) is 3. The Hall–Kier alpha value is -1.77. The van der Waals surface area contributed by atoms with E-state index >= 15 is 0 Å². The van der Waals surface area contributed by atoms with Gasteiger partial charge in [-0.1, -0.05) is 24.3 Å². The van der Waals surface area contributed by atoms with Crippen LogP contribution in [0.1, 0.15) is 0 Å². The molecule has 0 aliphatic carbocycles. The van der Waals surface area contributed by atoms with E-state index in [-0.39, 0.29) is 34.5 Å². The molecule has 0 saturated heterocycles. The molecule has 0 bridgehead atoms. The van der Waals surface area contributed by atoms with Crippen LogP contribution in [0.5, 0.6) is 0 Å². The van der Waals surface area contributed by atoms with Gasteiger partial charge in [-0.2, -0.15) is 5.11 Å². The quantitative estimate of drug-likeness (QED) is 0.389. The number of hydrogen-bond donors (Lipinski definition) is 0. The summed E-state index contributed by atoms with van der Waals surface area (Å²) in [4.78, 5) is 1.75. The summed E-state index contributed by atoms with van der Waals surface area (Å²) in [5.74, 6) is 0. The molecule has 0 aliphatic heterocycles. The monoisotopic (exact) mass is 377 g/mol. The number of anilines is 1. The van der Waals surface area contributed by atoms with Crippen LogP contribution in [-0.2, 0) is 10.1 Å². The maximum absolute atomic E-state index is 10.9. The molecule has 3 rings (SSSR count). The zero-order valence-electron chi connectivity index (χ0n) is 14.7. The summed E-state index contributed by atoms with van der Waals surface area (Å²) < 4.78 is 32.8. The van der Waals surface area contributed by atoms with Crippen molar-refractivity contribution in [3.63, 3.8) is 0 Å². The van der Waals surface area contributed by atoms with Crippen LogP contribution >= 0.6 is 0 Å². The molecule has 0 N–H and O–H groups in total. The van der Waals surface area contributed by atoms with Crippen molar-refractivity contribution in [2.75, 3.05) is 19.0 Å². The van der Waals surface area contributed by atoms with E-state index in [1.165, 1.54) is 24.3 Å². The number of azo groups is 1. The molecule has 0 unspecified atom stereocenters. The predicted molar refractivity (Wildman–Crippen MR) is 96.9 cm³/mol. The first-order valence-corrected chi connectivity index (χ1v) is 8.94. The average molecular weight is 377 g/mol. The smallest absolute Gasteiger partial charge is 0.744 e. The van der Waals surface area contributed by atoms with E-state index in [0.717, 1.165) is 16.5 Å². The van der Waals surface area contributed by atoms with Crippen molar-refractivity contribution in [3.05, 3.63) is 60.7 Å². The van der Waals surface area contributed by atoms with Crippen molar-refractivity contribution in [1.29, 1.82) is 0 Å². The fraction of sp³-hybridized carbons (Fsp3) is 0.111. The second kappa shape index (κ2) is 8.28. The van der Waals surface area contributed by atoms with Gasteiger partial charge in [-0.15, -0.1) is 5.11 Å². The van der Waals surface area contributed by atoms with Crippen molar-refractivity contribution >= 4 is 38.0 Å². The summed E-state index contributed by atoms with van der Waals surface area (Å²) >= 11 is 0. The Morgan fingerprint density at radius 2 is 1.46 bits per heavy atom. The Labute approximate surface area is 174 Å². The second-order valence-electron chi connectivity index (χ2n) is 5.69. The van der Waals surface area contributed by atoms with E-state index in [1.54, 1.807) is 0 Å². The number of fused-ring (bicyclic) bond motifs is 1. The van der Waals surface area contributed by atoms with Crippen LogP contribution in [0.4, 0.5) is 17.1 Å². The van der Waals surface area contributed by atoms with Gasteiger partial charge in [0, 0.05) is 30.6 Å². The first kappa shape index (κ1) is 20.5. The third-order valence-corrected chi connectivity index (χ3v) is 4.61. The van der Waals surface area contributed by atoms with Crippen molar-refractivity contribution in [2.24, 2.45) is 10.2 Å². The first-order valence-electron chi connectivity index (χ1n) is 7.53. The van der Waals surface area contributed by atoms with E-state index in [4.69, 9.17) is 0 Å². The molecule has 0 saturated carbocycles. The van der Waals surface area contributed by atoms with Crippen molar-refractivity contribution in [1.82, 2.24) is 0 Å². The van der Waals surface area contributed by atoms with Gasteiger partial charge in [0.25, 0.3) is 0 Å². The Kier molecular flexibility index (Phi) is 6.54. The molecule has 26 heavy (non-hydrogen) atoms. The molecule has 3 aromatic carbocycles. The van der Waals surface area contributed by atoms with Gasteiger partial charge < -0.3 is 9.45 Å².